The zero-order valence-electron chi connectivity index (χ0n) is 22.8. The van der Waals surface area contributed by atoms with Crippen LogP contribution in [0.4, 0.5) is 0 Å². The summed E-state index contributed by atoms with van der Waals surface area (Å²) in [7, 11) is 4.51. The van der Waals surface area contributed by atoms with Crippen LogP contribution in [0.25, 0.3) is 0 Å². The molecule has 3 saturated heterocycles. The maximum absolute atomic E-state index is 5.76. The lowest BCUT2D eigenvalue weighted by molar-refractivity contribution is 0.158. The molecule has 3 aliphatic rings. The van der Waals surface area contributed by atoms with Crippen molar-refractivity contribution in [1.29, 1.82) is 0 Å². The Hall–Kier alpha value is -2.67. The SMILES string of the molecule is COc1ccccc1CN1CCN2CCN(Cc3ccccc3OC)P1N(Cc1ccccc1OC)CC2. The molecule has 3 aliphatic heterocycles. The topological polar surface area (TPSA) is 40.7 Å². The maximum Gasteiger partial charge on any atom is 0.123 e. The van der Waals surface area contributed by atoms with Crippen molar-refractivity contribution in [1.82, 2.24) is 18.9 Å². The van der Waals surface area contributed by atoms with Gasteiger partial charge in [-0.15, -0.1) is 0 Å². The van der Waals surface area contributed by atoms with E-state index in [1.165, 1.54) is 16.7 Å². The number of hydrogen-bond acceptors (Lipinski definition) is 7. The Morgan fingerprint density at radius 2 is 0.816 bits per heavy atom. The lowest BCUT2D eigenvalue weighted by atomic mass is 10.2. The summed E-state index contributed by atoms with van der Waals surface area (Å²) >= 11 is 0. The van der Waals surface area contributed by atoms with Gasteiger partial charge in [-0.2, -0.15) is 0 Å². The molecule has 8 heteroatoms. The number of nitrogens with zero attached hydrogens (tertiary/aromatic N) is 4. The first-order valence-electron chi connectivity index (χ1n) is 13.3. The van der Waals surface area contributed by atoms with E-state index < -0.39 is 8.37 Å². The van der Waals surface area contributed by atoms with Crippen molar-refractivity contribution in [2.45, 2.75) is 19.6 Å². The van der Waals surface area contributed by atoms with Crippen LogP contribution in [0, 0.1) is 0 Å². The zero-order chi connectivity index (χ0) is 26.3. The second-order valence-corrected chi connectivity index (χ2v) is 11.9. The monoisotopic (exact) mass is 534 g/mol. The van der Waals surface area contributed by atoms with E-state index in [1.807, 2.05) is 18.2 Å². The van der Waals surface area contributed by atoms with Crippen LogP contribution in [0.1, 0.15) is 16.7 Å². The maximum atomic E-state index is 5.76. The number of methoxy groups -OCH3 is 3. The zero-order valence-corrected chi connectivity index (χ0v) is 23.6. The molecule has 3 fully saturated rings. The van der Waals surface area contributed by atoms with Crippen LogP contribution in [0.2, 0.25) is 0 Å². The summed E-state index contributed by atoms with van der Waals surface area (Å²) in [4.78, 5) is 2.62. The molecule has 7 nitrogen and oxygen atoms in total. The van der Waals surface area contributed by atoms with Crippen molar-refractivity contribution in [2.75, 3.05) is 60.6 Å². The molecule has 0 saturated carbocycles. The third-order valence-corrected chi connectivity index (χ3v) is 9.96. The van der Waals surface area contributed by atoms with Gasteiger partial charge in [-0.1, -0.05) is 54.6 Å². The van der Waals surface area contributed by atoms with E-state index in [2.05, 4.69) is 73.5 Å². The molecule has 3 aromatic rings. The van der Waals surface area contributed by atoms with Gasteiger partial charge in [-0.3, -0.25) is 18.9 Å². The van der Waals surface area contributed by atoms with E-state index in [-0.39, 0.29) is 0 Å². The molecular formula is C30H39N4O3P. The Morgan fingerprint density at radius 3 is 1.13 bits per heavy atom. The Bertz CT molecular complexity index is 1050. The predicted molar refractivity (Wildman–Crippen MR) is 154 cm³/mol. The van der Waals surface area contributed by atoms with E-state index in [0.717, 1.165) is 76.2 Å². The van der Waals surface area contributed by atoms with Gasteiger partial charge in [-0.05, 0) is 18.2 Å². The van der Waals surface area contributed by atoms with Gasteiger partial charge in [0.15, 0.2) is 0 Å². The summed E-state index contributed by atoms with van der Waals surface area (Å²) in [5.41, 5.74) is 3.68. The highest BCUT2D eigenvalue weighted by molar-refractivity contribution is 7.50. The van der Waals surface area contributed by atoms with Gasteiger partial charge in [0.25, 0.3) is 0 Å². The van der Waals surface area contributed by atoms with Crippen LogP contribution >= 0.6 is 8.37 Å². The van der Waals surface area contributed by atoms with E-state index in [4.69, 9.17) is 14.2 Å². The minimum absolute atomic E-state index is 0.784. The molecule has 0 radical (unpaired) electrons. The van der Waals surface area contributed by atoms with Crippen LogP contribution in [-0.2, 0) is 19.6 Å². The van der Waals surface area contributed by atoms with E-state index in [1.54, 1.807) is 21.3 Å². The molecular weight excluding hydrogens is 495 g/mol. The highest BCUT2D eigenvalue weighted by Gasteiger charge is 2.37. The molecule has 0 spiro atoms. The summed E-state index contributed by atoms with van der Waals surface area (Å²) < 4.78 is 25.3. The molecule has 0 amide bonds. The average molecular weight is 535 g/mol. The van der Waals surface area contributed by atoms with Crippen molar-refractivity contribution in [3.8, 4) is 17.2 Å². The first-order valence-corrected chi connectivity index (χ1v) is 14.5. The number of ether oxygens (including phenoxy) is 3. The molecule has 0 unspecified atom stereocenters. The van der Waals surface area contributed by atoms with Crippen molar-refractivity contribution < 1.29 is 14.2 Å². The minimum Gasteiger partial charge on any atom is -0.496 e. The van der Waals surface area contributed by atoms with Crippen molar-refractivity contribution in [3.63, 3.8) is 0 Å². The first kappa shape index (κ1) is 26.9. The fourth-order valence-corrected chi connectivity index (χ4v) is 8.14. The van der Waals surface area contributed by atoms with E-state index in [9.17, 15) is 0 Å². The van der Waals surface area contributed by atoms with Gasteiger partial charge in [0.05, 0.1) is 21.3 Å². The Kier molecular flexibility index (Phi) is 9.15. The number of fused-ring (bicyclic) bond motifs is 6. The number of rotatable bonds is 9. The van der Waals surface area contributed by atoms with Gasteiger partial charge in [0.1, 0.15) is 25.6 Å². The minimum atomic E-state index is -0.784. The van der Waals surface area contributed by atoms with Crippen molar-refractivity contribution in [3.05, 3.63) is 89.5 Å². The third kappa shape index (κ3) is 6.14. The fourth-order valence-electron chi connectivity index (χ4n) is 5.43. The molecule has 0 aliphatic carbocycles. The number of para-hydroxylation sites is 3. The molecule has 38 heavy (non-hydrogen) atoms. The Morgan fingerprint density at radius 1 is 0.500 bits per heavy atom. The Labute approximate surface area is 228 Å². The predicted octanol–water partition coefficient (Wildman–Crippen LogP) is 5.07. The van der Waals surface area contributed by atoms with E-state index in [0.29, 0.717) is 0 Å². The largest absolute Gasteiger partial charge is 0.496 e. The summed E-state index contributed by atoms with van der Waals surface area (Å²) in [5.74, 6) is 2.85. The second-order valence-electron chi connectivity index (χ2n) is 9.71. The van der Waals surface area contributed by atoms with Crippen molar-refractivity contribution >= 4 is 8.37 Å². The smallest absolute Gasteiger partial charge is 0.123 e. The van der Waals surface area contributed by atoms with Gasteiger partial charge < -0.3 is 14.2 Å². The van der Waals surface area contributed by atoms with E-state index >= 15 is 0 Å². The van der Waals surface area contributed by atoms with Crippen LogP contribution in [0.15, 0.2) is 72.8 Å². The standard InChI is InChI=1S/C30H39N4O3P/c1-35-28-13-7-4-10-25(28)22-32-19-16-31-17-20-33(23-26-11-5-8-14-29(26)36-2)38(32)34(21-18-31)24-27-12-6-9-15-30(27)37-3/h4-15H,16-24H2,1-3H3. The number of benzene rings is 3. The van der Waals surface area contributed by atoms with Gasteiger partial charge in [-0.25, -0.2) is 0 Å². The molecule has 202 valence electrons. The second kappa shape index (κ2) is 12.9. The highest BCUT2D eigenvalue weighted by Crippen LogP contribution is 2.52. The summed E-state index contributed by atoms with van der Waals surface area (Å²) in [5, 5.41) is 0. The van der Waals surface area contributed by atoms with Gasteiger partial charge in [0, 0.05) is 75.6 Å². The molecule has 0 atom stereocenters. The lowest BCUT2D eigenvalue weighted by Crippen LogP contribution is -2.51. The molecule has 0 N–H and O–H groups in total. The highest BCUT2D eigenvalue weighted by atomic mass is 31.2. The van der Waals surface area contributed by atoms with Crippen LogP contribution < -0.4 is 14.2 Å². The molecule has 3 aromatic carbocycles. The quantitative estimate of drug-likeness (QED) is 0.355. The van der Waals surface area contributed by atoms with Gasteiger partial charge in [0.2, 0.25) is 0 Å². The fraction of sp³-hybridized carbons (Fsp3) is 0.400. The molecule has 2 bridgehead atoms. The van der Waals surface area contributed by atoms with Gasteiger partial charge >= 0.3 is 0 Å². The van der Waals surface area contributed by atoms with Crippen molar-refractivity contribution in [2.24, 2.45) is 0 Å². The molecule has 3 heterocycles. The molecule has 0 aromatic heterocycles. The summed E-state index contributed by atoms with van der Waals surface area (Å²) in [6.45, 7) is 8.80. The summed E-state index contributed by atoms with van der Waals surface area (Å²) in [6.07, 6.45) is 0. The van der Waals surface area contributed by atoms with Crippen LogP contribution in [0.3, 0.4) is 0 Å². The molecule has 6 rings (SSSR count). The lowest BCUT2D eigenvalue weighted by Gasteiger charge is -2.50. The first-order chi connectivity index (χ1) is 18.7. The Balaban J connectivity index is 1.54. The van der Waals surface area contributed by atoms with Crippen LogP contribution in [0.5, 0.6) is 17.2 Å². The summed E-state index contributed by atoms with van der Waals surface area (Å²) in [6, 6.07) is 25.3. The van der Waals surface area contributed by atoms with Crippen LogP contribution in [-0.4, -0.2) is 79.5 Å². The average Bonchev–Trinajstić information content (AvgIpc) is 2.94. The number of hydrogen-bond donors (Lipinski definition) is 0. The normalized spacial score (nSPS) is 20.9. The third-order valence-electron chi connectivity index (χ3n) is 7.42.